The van der Waals surface area contributed by atoms with Crippen molar-refractivity contribution in [2.75, 3.05) is 18.5 Å². The Morgan fingerprint density at radius 1 is 0.743 bits per heavy atom. The zero-order chi connectivity index (χ0) is 25.3. The Hall–Kier alpha value is -3.91. The van der Waals surface area contributed by atoms with E-state index in [2.05, 4.69) is 16.0 Å². The number of para-hydroxylation sites is 1. The lowest BCUT2D eigenvalue weighted by Crippen LogP contribution is -2.40. The molecule has 0 atom stereocenters. The molecule has 3 N–H and O–H groups in total. The van der Waals surface area contributed by atoms with E-state index in [4.69, 9.17) is 21.7 Å². The molecule has 0 unspecified atom stereocenters. The summed E-state index contributed by atoms with van der Waals surface area (Å²) in [4.78, 5) is 24.7. The summed E-state index contributed by atoms with van der Waals surface area (Å²) in [5.74, 6) is 0.919. The van der Waals surface area contributed by atoms with Crippen molar-refractivity contribution >= 4 is 34.8 Å². The van der Waals surface area contributed by atoms with Gasteiger partial charge in [-0.2, -0.15) is 0 Å². The molecular weight excluding hydrogens is 462 g/mol. The number of benzene rings is 3. The molecule has 3 rings (SSSR count). The lowest BCUT2D eigenvalue weighted by atomic mass is 10.1. The van der Waals surface area contributed by atoms with Gasteiger partial charge in [-0.25, -0.2) is 0 Å². The van der Waals surface area contributed by atoms with Gasteiger partial charge in [-0.15, -0.1) is 0 Å². The first-order valence-corrected chi connectivity index (χ1v) is 11.6. The second-order valence-electron chi connectivity index (χ2n) is 8.72. The summed E-state index contributed by atoms with van der Waals surface area (Å²) < 4.78 is 11.2. The average molecular weight is 492 g/mol. The molecule has 35 heavy (non-hydrogen) atoms. The van der Waals surface area contributed by atoms with Gasteiger partial charge in [0.2, 0.25) is 0 Å². The second-order valence-corrected chi connectivity index (χ2v) is 9.13. The maximum Gasteiger partial charge on any atom is 0.257 e. The van der Waals surface area contributed by atoms with Gasteiger partial charge in [-0.3, -0.25) is 14.9 Å². The average Bonchev–Trinajstić information content (AvgIpc) is 2.82. The summed E-state index contributed by atoms with van der Waals surface area (Å²) in [7, 11) is 0. The van der Waals surface area contributed by atoms with Crippen LogP contribution < -0.4 is 25.4 Å². The van der Waals surface area contributed by atoms with E-state index in [1.54, 1.807) is 48.5 Å². The van der Waals surface area contributed by atoms with Crippen LogP contribution in [-0.2, 0) is 0 Å². The molecule has 0 heterocycles. The van der Waals surface area contributed by atoms with Gasteiger partial charge in [0, 0.05) is 22.4 Å². The second kappa shape index (κ2) is 12.0. The molecule has 0 aliphatic rings. The molecule has 0 saturated heterocycles. The van der Waals surface area contributed by atoms with Crippen molar-refractivity contribution in [2.45, 2.75) is 26.3 Å². The highest BCUT2D eigenvalue weighted by Gasteiger charge is 2.15. The van der Waals surface area contributed by atoms with E-state index in [9.17, 15) is 9.59 Å². The van der Waals surface area contributed by atoms with Crippen LogP contribution in [0.3, 0.4) is 0 Å². The maximum absolute atomic E-state index is 12.5. The van der Waals surface area contributed by atoms with Crippen LogP contribution >= 0.6 is 12.2 Å². The molecule has 0 bridgehead atoms. The van der Waals surface area contributed by atoms with Gasteiger partial charge in [-0.1, -0.05) is 18.2 Å². The van der Waals surface area contributed by atoms with Gasteiger partial charge in [-0.05, 0) is 93.7 Å². The zero-order valence-electron chi connectivity index (χ0n) is 20.0. The Kier molecular flexibility index (Phi) is 8.80. The molecule has 3 aromatic rings. The molecular formula is C27H29N3O4S. The lowest BCUT2D eigenvalue weighted by Gasteiger charge is -2.20. The molecule has 182 valence electrons. The van der Waals surface area contributed by atoms with Crippen molar-refractivity contribution < 1.29 is 19.1 Å². The lowest BCUT2D eigenvalue weighted by molar-refractivity contribution is 0.0918. The minimum absolute atomic E-state index is 0.153. The first kappa shape index (κ1) is 25.7. The number of amides is 2. The highest BCUT2D eigenvalue weighted by molar-refractivity contribution is 7.80. The van der Waals surface area contributed by atoms with E-state index in [1.807, 2.05) is 51.1 Å². The highest BCUT2D eigenvalue weighted by Crippen LogP contribution is 2.14. The van der Waals surface area contributed by atoms with Crippen molar-refractivity contribution in [2.24, 2.45) is 0 Å². The first-order chi connectivity index (χ1) is 16.7. The minimum atomic E-state index is -0.345. The number of thiocarbonyl (C=S) groups is 1. The summed E-state index contributed by atoms with van der Waals surface area (Å²) in [6, 6.07) is 23.1. The van der Waals surface area contributed by atoms with Crippen LogP contribution in [0, 0.1) is 0 Å². The topological polar surface area (TPSA) is 88.7 Å². The van der Waals surface area contributed by atoms with Crippen molar-refractivity contribution in [3.8, 4) is 11.5 Å². The smallest absolute Gasteiger partial charge is 0.257 e. The maximum atomic E-state index is 12.5. The highest BCUT2D eigenvalue weighted by atomic mass is 32.1. The molecule has 0 radical (unpaired) electrons. The molecule has 0 fully saturated rings. The van der Waals surface area contributed by atoms with Crippen molar-refractivity contribution in [1.82, 2.24) is 10.6 Å². The van der Waals surface area contributed by atoms with Gasteiger partial charge < -0.3 is 20.1 Å². The summed E-state index contributed by atoms with van der Waals surface area (Å²) in [6.07, 6.45) is 0. The van der Waals surface area contributed by atoms with Crippen LogP contribution in [0.4, 0.5) is 5.69 Å². The third-order valence-corrected chi connectivity index (χ3v) is 4.81. The van der Waals surface area contributed by atoms with E-state index in [-0.39, 0.29) is 22.5 Å². The summed E-state index contributed by atoms with van der Waals surface area (Å²) in [6.45, 7) is 6.56. The van der Waals surface area contributed by atoms with Gasteiger partial charge in [0.05, 0.1) is 0 Å². The molecule has 0 spiro atoms. The standard InChI is InChI=1S/C27H29N3O4S/c1-27(2,3)30-25(32)20-9-13-21(14-10-20)28-26(35)29-24(31)19-11-15-23(16-12-19)34-18-17-33-22-7-5-4-6-8-22/h4-16H,17-18H2,1-3H3,(H,30,32)(H2,28,29,31,35). The minimum Gasteiger partial charge on any atom is -0.490 e. The number of hydrogen-bond donors (Lipinski definition) is 3. The Bertz CT molecular complexity index is 1140. The van der Waals surface area contributed by atoms with Crippen LogP contribution in [0.15, 0.2) is 78.9 Å². The normalized spacial score (nSPS) is 10.7. The molecule has 0 aliphatic carbocycles. The Morgan fingerprint density at radius 2 is 1.26 bits per heavy atom. The third-order valence-electron chi connectivity index (χ3n) is 4.60. The molecule has 0 aliphatic heterocycles. The third kappa shape index (κ3) is 8.75. The Balaban J connectivity index is 1.43. The van der Waals surface area contributed by atoms with Gasteiger partial charge in [0.25, 0.3) is 11.8 Å². The summed E-state index contributed by atoms with van der Waals surface area (Å²) in [5, 5.41) is 8.65. The van der Waals surface area contributed by atoms with E-state index in [0.717, 1.165) is 5.75 Å². The fraction of sp³-hybridized carbons (Fsp3) is 0.222. The van der Waals surface area contributed by atoms with Crippen LogP contribution in [0.2, 0.25) is 0 Å². The van der Waals surface area contributed by atoms with Crippen LogP contribution in [0.5, 0.6) is 11.5 Å². The van der Waals surface area contributed by atoms with E-state index < -0.39 is 0 Å². The number of carbonyl (C=O) groups excluding carboxylic acids is 2. The van der Waals surface area contributed by atoms with E-state index >= 15 is 0 Å². The van der Waals surface area contributed by atoms with Crippen molar-refractivity contribution in [1.29, 1.82) is 0 Å². The molecule has 0 aromatic heterocycles. The molecule has 7 nitrogen and oxygen atoms in total. The van der Waals surface area contributed by atoms with Crippen LogP contribution in [-0.4, -0.2) is 35.7 Å². The quantitative estimate of drug-likeness (QED) is 0.310. The molecule has 3 aromatic carbocycles. The largest absolute Gasteiger partial charge is 0.490 e. The first-order valence-electron chi connectivity index (χ1n) is 11.2. The number of hydrogen-bond acceptors (Lipinski definition) is 5. The zero-order valence-corrected chi connectivity index (χ0v) is 20.8. The number of rotatable bonds is 8. The number of carbonyl (C=O) groups is 2. The fourth-order valence-corrected chi connectivity index (χ4v) is 3.20. The molecule has 0 saturated carbocycles. The SMILES string of the molecule is CC(C)(C)NC(=O)c1ccc(NC(=S)NC(=O)c2ccc(OCCOc3ccccc3)cc2)cc1. The Morgan fingerprint density at radius 3 is 1.83 bits per heavy atom. The predicted molar refractivity (Wildman–Crippen MR) is 141 cm³/mol. The molecule has 8 heteroatoms. The van der Waals surface area contributed by atoms with Crippen molar-refractivity contribution in [3.05, 3.63) is 90.0 Å². The van der Waals surface area contributed by atoms with Gasteiger partial charge in [0.15, 0.2) is 5.11 Å². The van der Waals surface area contributed by atoms with Gasteiger partial charge >= 0.3 is 0 Å². The number of anilines is 1. The summed E-state index contributed by atoms with van der Waals surface area (Å²) in [5.41, 5.74) is 1.32. The predicted octanol–water partition coefficient (Wildman–Crippen LogP) is 4.80. The van der Waals surface area contributed by atoms with E-state index in [0.29, 0.717) is 35.8 Å². The fourth-order valence-electron chi connectivity index (χ4n) is 2.99. The van der Waals surface area contributed by atoms with Crippen LogP contribution in [0.25, 0.3) is 0 Å². The number of ether oxygens (including phenoxy) is 2. The Labute approximate surface area is 210 Å². The summed E-state index contributed by atoms with van der Waals surface area (Å²) >= 11 is 5.24. The van der Waals surface area contributed by atoms with Crippen molar-refractivity contribution in [3.63, 3.8) is 0 Å². The van der Waals surface area contributed by atoms with Crippen LogP contribution in [0.1, 0.15) is 41.5 Å². The monoisotopic (exact) mass is 491 g/mol. The molecule has 2 amide bonds. The van der Waals surface area contributed by atoms with Gasteiger partial charge in [0.1, 0.15) is 24.7 Å². The number of nitrogens with one attached hydrogen (secondary N) is 3. The van der Waals surface area contributed by atoms with E-state index in [1.165, 1.54) is 0 Å².